The van der Waals surface area contributed by atoms with Crippen molar-refractivity contribution < 1.29 is 38.0 Å². The Kier molecular flexibility index (Phi) is 19.2. The van der Waals surface area contributed by atoms with Crippen LogP contribution in [0.2, 0.25) is 0 Å². The molecule has 44 heavy (non-hydrogen) atoms. The van der Waals surface area contributed by atoms with Gasteiger partial charge in [0.2, 0.25) is 5.91 Å². The zero-order chi connectivity index (χ0) is 31.8. The van der Waals surface area contributed by atoms with Gasteiger partial charge in [-0.1, -0.05) is 54.6 Å². The van der Waals surface area contributed by atoms with E-state index < -0.39 is 6.04 Å². The van der Waals surface area contributed by atoms with Gasteiger partial charge in [0, 0.05) is 32.6 Å². The van der Waals surface area contributed by atoms with Crippen LogP contribution in [0.15, 0.2) is 60.7 Å². The molecule has 0 fully saturated rings. The number of carbonyl (C=O) groups is 2. The van der Waals surface area contributed by atoms with Gasteiger partial charge < -0.3 is 50.0 Å². The summed E-state index contributed by atoms with van der Waals surface area (Å²) in [4.78, 5) is 22.9. The summed E-state index contributed by atoms with van der Waals surface area (Å²) in [6.45, 7) is 4.82. The zero-order valence-corrected chi connectivity index (χ0v) is 25.8. The highest BCUT2D eigenvalue weighted by atomic mass is 16.6. The van der Waals surface area contributed by atoms with E-state index in [2.05, 4.69) is 16.1 Å². The van der Waals surface area contributed by atoms with E-state index >= 15 is 0 Å². The van der Waals surface area contributed by atoms with Crippen molar-refractivity contribution in [3.05, 3.63) is 66.2 Å². The first-order chi connectivity index (χ1) is 21.6. The smallest absolute Gasteiger partial charge is 0.234 e. The second-order valence-electron chi connectivity index (χ2n) is 9.50. The Morgan fingerprint density at radius 3 is 1.84 bits per heavy atom. The first-order valence-electron chi connectivity index (χ1n) is 14.7. The standard InChI is InChI=1S/C31H41N3O7.C2H6O/c32-12-14-37-15-16-38-17-18-39-19-20-40-21-22-41-30-10-9-26(27-3-1-2-4-28(27)30)24-5-7-25(8-6-24)29(11-13-35)34-31(36)23-33;1-3-2/h1-10,13,29H,11-12,14-23,32-33H2,(H,34,36);1-2H3. The lowest BCUT2D eigenvalue weighted by molar-refractivity contribution is -0.120. The normalized spacial score (nSPS) is 11.5. The molecule has 3 aromatic rings. The highest BCUT2D eigenvalue weighted by molar-refractivity contribution is 6.00. The zero-order valence-electron chi connectivity index (χ0n) is 25.8. The van der Waals surface area contributed by atoms with Gasteiger partial charge in [0.15, 0.2) is 0 Å². The summed E-state index contributed by atoms with van der Waals surface area (Å²) >= 11 is 0. The molecule has 242 valence electrons. The van der Waals surface area contributed by atoms with Gasteiger partial charge in [-0.25, -0.2) is 0 Å². The van der Waals surface area contributed by atoms with Crippen molar-refractivity contribution in [1.82, 2.24) is 5.32 Å². The molecule has 3 aromatic carbocycles. The van der Waals surface area contributed by atoms with E-state index in [1.165, 1.54) is 0 Å². The molecule has 0 saturated heterocycles. The predicted octanol–water partition coefficient (Wildman–Crippen LogP) is 2.88. The molecular weight excluding hydrogens is 566 g/mol. The average molecular weight is 614 g/mol. The van der Waals surface area contributed by atoms with Crippen LogP contribution < -0.4 is 21.5 Å². The molecule has 3 rings (SSSR count). The van der Waals surface area contributed by atoms with Crippen LogP contribution in [0.25, 0.3) is 21.9 Å². The largest absolute Gasteiger partial charge is 0.491 e. The quantitative estimate of drug-likeness (QED) is 0.121. The summed E-state index contributed by atoms with van der Waals surface area (Å²) in [5.41, 5.74) is 13.7. The van der Waals surface area contributed by atoms with E-state index in [9.17, 15) is 9.59 Å². The monoisotopic (exact) mass is 613 g/mol. The van der Waals surface area contributed by atoms with Gasteiger partial charge >= 0.3 is 0 Å². The van der Waals surface area contributed by atoms with Crippen molar-refractivity contribution in [2.75, 3.05) is 86.8 Å². The molecule has 11 nitrogen and oxygen atoms in total. The molecule has 11 heteroatoms. The van der Waals surface area contributed by atoms with Crippen molar-refractivity contribution in [2.24, 2.45) is 11.5 Å². The van der Waals surface area contributed by atoms with E-state index in [1.807, 2.05) is 54.6 Å². The minimum absolute atomic E-state index is 0.127. The molecule has 0 radical (unpaired) electrons. The van der Waals surface area contributed by atoms with E-state index in [0.29, 0.717) is 66.0 Å². The molecule has 0 aromatic heterocycles. The molecule has 0 spiro atoms. The maximum absolute atomic E-state index is 11.8. The number of rotatable bonds is 21. The van der Waals surface area contributed by atoms with Gasteiger partial charge in [0.25, 0.3) is 0 Å². The lowest BCUT2D eigenvalue weighted by Crippen LogP contribution is -2.33. The Bertz CT molecular complexity index is 1210. The molecule has 0 aliphatic carbocycles. The SMILES string of the molecule is COC.NCCOCCOCCOCCOCCOc1ccc(-c2ccc(C(CC=O)NC(=O)CN)cc2)c2ccccc12. The molecule has 0 aliphatic heterocycles. The van der Waals surface area contributed by atoms with Crippen molar-refractivity contribution in [3.8, 4) is 16.9 Å². The number of methoxy groups -OCH3 is 1. The molecule has 1 unspecified atom stereocenters. The lowest BCUT2D eigenvalue weighted by Gasteiger charge is -2.17. The minimum Gasteiger partial charge on any atom is -0.491 e. The van der Waals surface area contributed by atoms with E-state index in [4.69, 9.17) is 35.2 Å². The number of carbonyl (C=O) groups excluding carboxylic acids is 2. The Morgan fingerprint density at radius 2 is 1.30 bits per heavy atom. The second-order valence-corrected chi connectivity index (χ2v) is 9.50. The van der Waals surface area contributed by atoms with Gasteiger partial charge in [-0.05, 0) is 28.1 Å². The Morgan fingerprint density at radius 1 is 0.750 bits per heavy atom. The van der Waals surface area contributed by atoms with Crippen LogP contribution in [0.1, 0.15) is 18.0 Å². The topological polar surface area (TPSA) is 154 Å². The van der Waals surface area contributed by atoms with E-state index in [0.717, 1.165) is 39.5 Å². The Hall–Kier alpha value is -3.42. The van der Waals surface area contributed by atoms with Crippen LogP contribution in [0, 0.1) is 0 Å². The van der Waals surface area contributed by atoms with Crippen LogP contribution in [-0.2, 0) is 33.3 Å². The number of nitrogens with one attached hydrogen (secondary N) is 1. The summed E-state index contributed by atoms with van der Waals surface area (Å²) in [6, 6.07) is 19.5. The second kappa shape index (κ2) is 23.0. The highest BCUT2D eigenvalue weighted by Gasteiger charge is 2.14. The van der Waals surface area contributed by atoms with Crippen LogP contribution >= 0.6 is 0 Å². The van der Waals surface area contributed by atoms with Crippen molar-refractivity contribution in [2.45, 2.75) is 12.5 Å². The van der Waals surface area contributed by atoms with E-state index in [1.54, 1.807) is 14.2 Å². The third kappa shape index (κ3) is 13.5. The van der Waals surface area contributed by atoms with E-state index in [-0.39, 0.29) is 18.9 Å². The fraction of sp³-hybridized carbons (Fsp3) is 0.455. The number of nitrogens with two attached hydrogens (primary N) is 2. The van der Waals surface area contributed by atoms with Gasteiger partial charge in [0.05, 0.1) is 65.4 Å². The number of hydrogen-bond acceptors (Lipinski definition) is 10. The molecule has 0 heterocycles. The number of amides is 1. The third-order valence-corrected chi connectivity index (χ3v) is 6.22. The first kappa shape index (κ1) is 36.8. The molecule has 5 N–H and O–H groups in total. The van der Waals surface area contributed by atoms with Gasteiger partial charge in [-0.15, -0.1) is 0 Å². The van der Waals surface area contributed by atoms with Crippen LogP contribution in [0.3, 0.4) is 0 Å². The predicted molar refractivity (Wildman–Crippen MR) is 171 cm³/mol. The van der Waals surface area contributed by atoms with Crippen molar-refractivity contribution in [3.63, 3.8) is 0 Å². The number of hydrogen-bond donors (Lipinski definition) is 3. The van der Waals surface area contributed by atoms with Crippen molar-refractivity contribution >= 4 is 23.0 Å². The molecule has 0 aliphatic rings. The van der Waals surface area contributed by atoms with Gasteiger partial charge in [-0.3, -0.25) is 4.79 Å². The number of benzene rings is 3. The fourth-order valence-corrected chi connectivity index (χ4v) is 4.23. The molecule has 0 saturated carbocycles. The molecular formula is C33H47N3O8. The van der Waals surface area contributed by atoms with Crippen LogP contribution in [-0.4, -0.2) is 99.0 Å². The number of ether oxygens (including phenoxy) is 6. The summed E-state index contributed by atoms with van der Waals surface area (Å²) in [6.07, 6.45) is 0.972. The molecule has 0 bridgehead atoms. The number of fused-ring (bicyclic) bond motifs is 1. The summed E-state index contributed by atoms with van der Waals surface area (Å²) < 4.78 is 32.1. The highest BCUT2D eigenvalue weighted by Crippen LogP contribution is 2.35. The van der Waals surface area contributed by atoms with Gasteiger partial charge in [-0.2, -0.15) is 0 Å². The summed E-state index contributed by atoms with van der Waals surface area (Å²) in [5, 5.41) is 4.85. The third-order valence-electron chi connectivity index (χ3n) is 6.22. The minimum atomic E-state index is -0.412. The van der Waals surface area contributed by atoms with Crippen LogP contribution in [0.4, 0.5) is 0 Å². The van der Waals surface area contributed by atoms with Crippen LogP contribution in [0.5, 0.6) is 5.75 Å². The fourth-order valence-electron chi connectivity index (χ4n) is 4.23. The number of aldehydes is 1. The lowest BCUT2D eigenvalue weighted by atomic mass is 9.95. The Labute approximate surface area is 260 Å². The van der Waals surface area contributed by atoms with Crippen molar-refractivity contribution in [1.29, 1.82) is 0 Å². The summed E-state index contributed by atoms with van der Waals surface area (Å²) in [7, 11) is 3.25. The average Bonchev–Trinajstić information content (AvgIpc) is 3.05. The maximum Gasteiger partial charge on any atom is 0.234 e. The molecule has 1 amide bonds. The van der Waals surface area contributed by atoms with Gasteiger partial charge in [0.1, 0.15) is 18.6 Å². The summed E-state index contributed by atoms with van der Waals surface area (Å²) in [5.74, 6) is 0.479. The Balaban J connectivity index is 0.00000216. The molecule has 1 atom stereocenters. The first-order valence-corrected chi connectivity index (χ1v) is 14.7. The maximum atomic E-state index is 11.8.